The van der Waals surface area contributed by atoms with Crippen LogP contribution in [-0.4, -0.2) is 16.9 Å². The van der Waals surface area contributed by atoms with Gasteiger partial charge in [-0.1, -0.05) is 48.5 Å². The van der Waals surface area contributed by atoms with Crippen molar-refractivity contribution < 1.29 is 13.8 Å². The number of nitrogens with two attached hydrogens (primary N) is 1. The number of hydrogen-bond donors (Lipinski definition) is 2. The van der Waals surface area contributed by atoms with Gasteiger partial charge in [0, 0.05) is 17.7 Å². The number of rotatable bonds is 5. The molecule has 148 valence electrons. The number of nitrogens with zero attached hydrogens (tertiary/aromatic N) is 2. The van der Waals surface area contributed by atoms with E-state index in [1.54, 1.807) is 17.0 Å². The first kappa shape index (κ1) is 18.1. The van der Waals surface area contributed by atoms with E-state index in [-0.39, 0.29) is 5.91 Å². The Morgan fingerprint density at radius 3 is 2.60 bits per heavy atom. The van der Waals surface area contributed by atoms with Gasteiger partial charge in [0.25, 0.3) is 0 Å². The van der Waals surface area contributed by atoms with Crippen molar-refractivity contribution in [1.82, 2.24) is 4.98 Å². The minimum atomic E-state index is -0.407. The van der Waals surface area contributed by atoms with Gasteiger partial charge < -0.3 is 10.2 Å². The molecule has 2 aromatic carbocycles. The maximum atomic E-state index is 13.2. The van der Waals surface area contributed by atoms with Crippen LogP contribution < -0.4 is 15.6 Å². The van der Waals surface area contributed by atoms with Crippen LogP contribution in [0.4, 0.5) is 11.5 Å². The summed E-state index contributed by atoms with van der Waals surface area (Å²) in [6.45, 7) is 0. The fourth-order valence-corrected chi connectivity index (χ4v) is 3.82. The lowest BCUT2D eigenvalue weighted by atomic mass is 10.1. The lowest BCUT2D eigenvalue weighted by Gasteiger charge is -2.08. The fraction of sp³-hybridized carbons (Fsp3) is 0.125. The molecule has 2 aromatic heterocycles. The predicted molar refractivity (Wildman–Crippen MR) is 114 cm³/mol. The third-order valence-electron chi connectivity index (χ3n) is 5.30. The number of hydrogen-bond acceptors (Lipinski definition) is 5. The van der Waals surface area contributed by atoms with E-state index in [2.05, 4.69) is 17.4 Å². The first-order valence-electron chi connectivity index (χ1n) is 9.86. The molecule has 5 rings (SSSR count). The van der Waals surface area contributed by atoms with E-state index in [0.717, 1.165) is 28.4 Å². The Morgan fingerprint density at radius 2 is 1.83 bits per heavy atom. The number of para-hydroxylation sites is 1. The Labute approximate surface area is 174 Å². The largest absolute Gasteiger partial charge is 0.469 e. The summed E-state index contributed by atoms with van der Waals surface area (Å²) in [5.41, 5.74) is 10.2. The van der Waals surface area contributed by atoms with Crippen LogP contribution in [0.5, 0.6) is 0 Å². The molecule has 6 nitrogen and oxygen atoms in total. The molecule has 0 fully saturated rings. The van der Waals surface area contributed by atoms with E-state index in [9.17, 15) is 4.79 Å². The summed E-state index contributed by atoms with van der Waals surface area (Å²) >= 11 is 0. The van der Waals surface area contributed by atoms with Crippen LogP contribution in [0.2, 0.25) is 0 Å². The highest BCUT2D eigenvalue weighted by Gasteiger charge is 2.41. The van der Waals surface area contributed by atoms with Crippen molar-refractivity contribution in [3.63, 3.8) is 0 Å². The van der Waals surface area contributed by atoms with Crippen molar-refractivity contribution in [2.45, 2.75) is 18.9 Å². The number of nitrogen functional groups attached to an aromatic ring is 1. The van der Waals surface area contributed by atoms with Crippen LogP contribution >= 0.6 is 0 Å². The molecule has 4 aromatic rings. The average Bonchev–Trinajstić information content (AvgIpc) is 3.38. The summed E-state index contributed by atoms with van der Waals surface area (Å²) in [6.07, 6.45) is 4.46. The average molecular weight is 397 g/mol. The predicted octanol–water partition coefficient (Wildman–Crippen LogP) is 3.48. The van der Waals surface area contributed by atoms with E-state index in [0.29, 0.717) is 24.2 Å². The van der Waals surface area contributed by atoms with E-state index in [1.165, 1.54) is 0 Å². The Hall–Kier alpha value is -3.93. The lowest BCUT2D eigenvalue weighted by Crippen LogP contribution is -2.44. The number of anilines is 2. The number of aromatic nitrogens is 2. The van der Waals surface area contributed by atoms with Crippen molar-refractivity contribution in [3.05, 3.63) is 96.2 Å². The summed E-state index contributed by atoms with van der Waals surface area (Å²) in [5.74, 6) is 1.45. The maximum absolute atomic E-state index is 13.2. The third kappa shape index (κ3) is 3.33. The van der Waals surface area contributed by atoms with Gasteiger partial charge in [-0.05, 0) is 23.8 Å². The zero-order valence-corrected chi connectivity index (χ0v) is 16.3. The topological polar surface area (TPSA) is 85.0 Å². The quantitative estimate of drug-likeness (QED) is 0.398. The molecule has 0 saturated heterocycles. The Morgan fingerprint density at radius 1 is 1.03 bits per heavy atom. The van der Waals surface area contributed by atoms with Gasteiger partial charge in [0.15, 0.2) is 0 Å². The van der Waals surface area contributed by atoms with Gasteiger partial charge in [-0.3, -0.25) is 5.32 Å². The molecule has 6 heteroatoms. The van der Waals surface area contributed by atoms with E-state index < -0.39 is 6.04 Å². The second-order valence-corrected chi connectivity index (χ2v) is 7.36. The maximum Gasteiger partial charge on any atom is 0.359 e. The molecule has 0 aliphatic carbocycles. The number of carbonyl (C=O) groups excluding carboxylic acids is 1. The molecule has 0 bridgehead atoms. The Balaban J connectivity index is 1.59. The van der Waals surface area contributed by atoms with Gasteiger partial charge in [-0.25, -0.2) is 9.78 Å². The minimum Gasteiger partial charge on any atom is -0.469 e. The van der Waals surface area contributed by atoms with Crippen LogP contribution in [-0.2, 0) is 12.8 Å². The number of benzene rings is 2. The van der Waals surface area contributed by atoms with Crippen LogP contribution in [0.1, 0.15) is 21.8 Å². The van der Waals surface area contributed by atoms with Gasteiger partial charge in [-0.15, -0.1) is 0 Å². The Kier molecular flexibility index (Phi) is 4.52. The highest BCUT2D eigenvalue weighted by molar-refractivity contribution is 5.83. The van der Waals surface area contributed by atoms with E-state index in [1.807, 2.05) is 54.6 Å². The van der Waals surface area contributed by atoms with Gasteiger partial charge >= 0.3 is 11.7 Å². The summed E-state index contributed by atoms with van der Waals surface area (Å²) in [6, 6.07) is 21.0. The van der Waals surface area contributed by atoms with Crippen molar-refractivity contribution in [3.8, 4) is 11.3 Å². The second kappa shape index (κ2) is 7.48. The highest BCUT2D eigenvalue weighted by atomic mass is 16.3. The number of furan rings is 1. The van der Waals surface area contributed by atoms with Crippen LogP contribution in [0.15, 0.2) is 83.6 Å². The van der Waals surface area contributed by atoms with Crippen LogP contribution in [0, 0.1) is 0 Å². The molecule has 1 aliphatic heterocycles. The van der Waals surface area contributed by atoms with Crippen LogP contribution in [0.3, 0.4) is 0 Å². The number of fused-ring (bicyclic) bond motifs is 1. The molecule has 0 spiro atoms. The molecule has 0 amide bonds. The molecular formula is C24H21N4O2+. The smallest absolute Gasteiger partial charge is 0.359 e. The molecule has 0 saturated carbocycles. The first-order valence-corrected chi connectivity index (χ1v) is 9.86. The Bertz CT molecular complexity index is 1200. The molecule has 1 aliphatic rings. The number of nitrogens with one attached hydrogen (secondary N) is 1. The lowest BCUT2D eigenvalue weighted by molar-refractivity contribution is -0.552. The van der Waals surface area contributed by atoms with Gasteiger partial charge in [0.05, 0.1) is 12.7 Å². The van der Waals surface area contributed by atoms with Gasteiger partial charge in [0.2, 0.25) is 6.04 Å². The van der Waals surface area contributed by atoms with Crippen LogP contribution in [0.25, 0.3) is 11.3 Å². The van der Waals surface area contributed by atoms with Crippen molar-refractivity contribution in [2.75, 3.05) is 11.1 Å². The summed E-state index contributed by atoms with van der Waals surface area (Å²) in [7, 11) is 0. The normalized spacial score (nSPS) is 15.1. The fourth-order valence-electron chi connectivity index (χ4n) is 3.82. The van der Waals surface area contributed by atoms with Crippen molar-refractivity contribution in [2.24, 2.45) is 0 Å². The first-order chi connectivity index (χ1) is 14.7. The SMILES string of the molecule is Nc1ccccc1-c1c[n+]2c(c(Cc3ccccc3)n1)NC(Cc1ccco1)C2=O. The standard InChI is InChI=1S/C24H20N4O2/c25-19-11-5-4-10-18(19)22-15-28-23(20(26-22)13-16-7-2-1-3-8-16)27-21(24(28)29)14-17-9-6-12-30-17/h1-12,15,21H,13-14,25H2/p+1. The molecular weight excluding hydrogens is 376 g/mol. The van der Waals surface area contributed by atoms with E-state index in [4.69, 9.17) is 15.1 Å². The van der Waals surface area contributed by atoms with Gasteiger partial charge in [0.1, 0.15) is 23.3 Å². The second-order valence-electron chi connectivity index (χ2n) is 7.36. The summed E-state index contributed by atoms with van der Waals surface area (Å²) in [4.78, 5) is 18.1. The van der Waals surface area contributed by atoms with Crippen molar-refractivity contribution >= 4 is 17.4 Å². The molecule has 1 unspecified atom stereocenters. The minimum absolute atomic E-state index is 0.0335. The zero-order chi connectivity index (χ0) is 20.5. The summed E-state index contributed by atoms with van der Waals surface area (Å²) in [5, 5.41) is 3.36. The highest BCUT2D eigenvalue weighted by Crippen LogP contribution is 2.27. The molecule has 30 heavy (non-hydrogen) atoms. The summed E-state index contributed by atoms with van der Waals surface area (Å²) < 4.78 is 7.11. The monoisotopic (exact) mass is 397 g/mol. The molecule has 1 atom stereocenters. The van der Waals surface area contributed by atoms with Gasteiger partial charge in [-0.2, -0.15) is 4.57 Å². The van der Waals surface area contributed by atoms with Crippen molar-refractivity contribution in [1.29, 1.82) is 0 Å². The third-order valence-corrected chi connectivity index (χ3v) is 5.30. The molecule has 3 N–H and O–H groups in total. The van der Waals surface area contributed by atoms with E-state index >= 15 is 0 Å². The number of carbonyl (C=O) groups is 1. The molecule has 0 radical (unpaired) electrons. The molecule has 3 heterocycles. The zero-order valence-electron chi connectivity index (χ0n) is 16.3.